The molecule has 1 saturated carbocycles. The molecule has 0 atom stereocenters. The average molecular weight is 215 g/mol. The van der Waals surface area contributed by atoms with E-state index in [9.17, 15) is 0 Å². The zero-order valence-electron chi connectivity index (χ0n) is 10.1. The SMILES string of the molecule is CC1(NC2CCCC2)Cc2ccccc2C1. The topological polar surface area (TPSA) is 12.0 Å². The Balaban J connectivity index is 1.72. The molecular weight excluding hydrogens is 194 g/mol. The van der Waals surface area contributed by atoms with E-state index in [1.165, 1.54) is 38.5 Å². The molecular formula is C15H21N. The molecule has 1 heteroatoms. The fourth-order valence-electron chi connectivity index (χ4n) is 3.47. The van der Waals surface area contributed by atoms with Gasteiger partial charge in [0, 0.05) is 11.6 Å². The van der Waals surface area contributed by atoms with E-state index in [0.717, 1.165) is 6.04 Å². The van der Waals surface area contributed by atoms with Gasteiger partial charge in [-0.2, -0.15) is 0 Å². The molecule has 0 bridgehead atoms. The summed E-state index contributed by atoms with van der Waals surface area (Å²) in [6, 6.07) is 9.69. The first-order valence-electron chi connectivity index (χ1n) is 6.60. The first-order chi connectivity index (χ1) is 7.75. The molecule has 86 valence electrons. The fraction of sp³-hybridized carbons (Fsp3) is 0.600. The monoisotopic (exact) mass is 215 g/mol. The number of hydrogen-bond donors (Lipinski definition) is 1. The summed E-state index contributed by atoms with van der Waals surface area (Å²) in [7, 11) is 0. The summed E-state index contributed by atoms with van der Waals surface area (Å²) in [4.78, 5) is 0. The molecule has 0 amide bonds. The highest BCUT2D eigenvalue weighted by atomic mass is 15.0. The van der Waals surface area contributed by atoms with Crippen LogP contribution >= 0.6 is 0 Å². The largest absolute Gasteiger partial charge is 0.308 e. The van der Waals surface area contributed by atoms with Crippen molar-refractivity contribution >= 4 is 0 Å². The first-order valence-corrected chi connectivity index (χ1v) is 6.60. The summed E-state index contributed by atoms with van der Waals surface area (Å²) in [5.74, 6) is 0. The predicted molar refractivity (Wildman–Crippen MR) is 67.6 cm³/mol. The maximum atomic E-state index is 3.90. The lowest BCUT2D eigenvalue weighted by Gasteiger charge is -2.29. The van der Waals surface area contributed by atoms with Crippen LogP contribution in [0.5, 0.6) is 0 Å². The summed E-state index contributed by atoms with van der Waals surface area (Å²) in [5, 5.41) is 3.90. The summed E-state index contributed by atoms with van der Waals surface area (Å²) in [6.45, 7) is 2.39. The smallest absolute Gasteiger partial charge is 0.0236 e. The Kier molecular flexibility index (Phi) is 2.51. The Morgan fingerprint density at radius 2 is 1.62 bits per heavy atom. The fourth-order valence-corrected chi connectivity index (χ4v) is 3.47. The van der Waals surface area contributed by atoms with Gasteiger partial charge in [-0.15, -0.1) is 0 Å². The molecule has 1 nitrogen and oxygen atoms in total. The third kappa shape index (κ3) is 1.89. The van der Waals surface area contributed by atoms with Crippen LogP contribution in [0.15, 0.2) is 24.3 Å². The van der Waals surface area contributed by atoms with E-state index in [-0.39, 0.29) is 0 Å². The van der Waals surface area contributed by atoms with Crippen molar-refractivity contribution in [2.75, 3.05) is 0 Å². The van der Waals surface area contributed by atoms with Gasteiger partial charge in [0.25, 0.3) is 0 Å². The van der Waals surface area contributed by atoms with Crippen LogP contribution < -0.4 is 5.32 Å². The third-order valence-electron chi connectivity index (χ3n) is 4.19. The van der Waals surface area contributed by atoms with Gasteiger partial charge < -0.3 is 5.32 Å². The normalized spacial score (nSPS) is 23.6. The number of fused-ring (bicyclic) bond motifs is 1. The van der Waals surface area contributed by atoms with E-state index in [0.29, 0.717) is 5.54 Å². The third-order valence-corrected chi connectivity index (χ3v) is 4.19. The highest BCUT2D eigenvalue weighted by Crippen LogP contribution is 2.31. The number of nitrogens with one attached hydrogen (secondary N) is 1. The van der Waals surface area contributed by atoms with Gasteiger partial charge in [-0.1, -0.05) is 37.1 Å². The van der Waals surface area contributed by atoms with Gasteiger partial charge in [0.05, 0.1) is 0 Å². The van der Waals surface area contributed by atoms with Crippen LogP contribution in [0.2, 0.25) is 0 Å². The molecule has 0 heterocycles. The van der Waals surface area contributed by atoms with E-state index in [4.69, 9.17) is 0 Å². The minimum Gasteiger partial charge on any atom is -0.308 e. The Morgan fingerprint density at radius 1 is 1.06 bits per heavy atom. The molecule has 1 aromatic carbocycles. The minimum absolute atomic E-state index is 0.318. The van der Waals surface area contributed by atoms with E-state index in [1.807, 2.05) is 0 Å². The van der Waals surface area contributed by atoms with Crippen molar-refractivity contribution in [2.45, 2.75) is 57.0 Å². The molecule has 0 spiro atoms. The van der Waals surface area contributed by atoms with Crippen molar-refractivity contribution in [3.8, 4) is 0 Å². The number of hydrogen-bond acceptors (Lipinski definition) is 1. The van der Waals surface area contributed by atoms with Gasteiger partial charge in [-0.25, -0.2) is 0 Å². The average Bonchev–Trinajstić information content (AvgIpc) is 2.83. The number of rotatable bonds is 2. The van der Waals surface area contributed by atoms with Gasteiger partial charge >= 0.3 is 0 Å². The zero-order chi connectivity index (χ0) is 11.0. The van der Waals surface area contributed by atoms with Crippen LogP contribution in [-0.4, -0.2) is 11.6 Å². The van der Waals surface area contributed by atoms with E-state index in [2.05, 4.69) is 36.5 Å². The van der Waals surface area contributed by atoms with Gasteiger partial charge in [-0.05, 0) is 43.7 Å². The van der Waals surface area contributed by atoms with Crippen molar-refractivity contribution in [3.05, 3.63) is 35.4 Å². The summed E-state index contributed by atoms with van der Waals surface area (Å²) >= 11 is 0. The van der Waals surface area contributed by atoms with Crippen molar-refractivity contribution in [1.29, 1.82) is 0 Å². The molecule has 3 rings (SSSR count). The second kappa shape index (κ2) is 3.89. The molecule has 2 aliphatic rings. The van der Waals surface area contributed by atoms with Crippen LogP contribution in [0.25, 0.3) is 0 Å². The lowest BCUT2D eigenvalue weighted by molar-refractivity contribution is 0.321. The summed E-state index contributed by atoms with van der Waals surface area (Å²) in [5.41, 5.74) is 3.42. The molecule has 1 aromatic rings. The van der Waals surface area contributed by atoms with E-state index in [1.54, 1.807) is 11.1 Å². The maximum Gasteiger partial charge on any atom is 0.0236 e. The van der Waals surface area contributed by atoms with Crippen LogP contribution in [0.3, 0.4) is 0 Å². The molecule has 2 aliphatic carbocycles. The van der Waals surface area contributed by atoms with Crippen molar-refractivity contribution in [1.82, 2.24) is 5.32 Å². The molecule has 0 aliphatic heterocycles. The van der Waals surface area contributed by atoms with E-state index >= 15 is 0 Å². The standard InChI is InChI=1S/C15H21N/c1-15(16-14-8-4-5-9-14)10-12-6-2-3-7-13(12)11-15/h2-3,6-7,14,16H,4-5,8-11H2,1H3. The van der Waals surface area contributed by atoms with Crippen molar-refractivity contribution < 1.29 is 0 Å². The molecule has 1 N–H and O–H groups in total. The quantitative estimate of drug-likeness (QED) is 0.799. The first kappa shape index (κ1) is 10.3. The minimum atomic E-state index is 0.318. The molecule has 0 unspecified atom stereocenters. The Morgan fingerprint density at radius 3 is 2.19 bits per heavy atom. The van der Waals surface area contributed by atoms with Gasteiger partial charge in [0.2, 0.25) is 0 Å². The Hall–Kier alpha value is -0.820. The number of benzene rings is 1. The zero-order valence-corrected chi connectivity index (χ0v) is 10.1. The van der Waals surface area contributed by atoms with Crippen LogP contribution in [-0.2, 0) is 12.8 Å². The molecule has 16 heavy (non-hydrogen) atoms. The Bertz CT molecular complexity index is 352. The lowest BCUT2D eigenvalue weighted by Crippen LogP contribution is -2.48. The van der Waals surface area contributed by atoms with Crippen LogP contribution in [0.1, 0.15) is 43.7 Å². The van der Waals surface area contributed by atoms with Gasteiger partial charge in [0.15, 0.2) is 0 Å². The Labute approximate surface area is 98.3 Å². The second-order valence-electron chi connectivity index (χ2n) is 5.81. The van der Waals surface area contributed by atoms with E-state index < -0.39 is 0 Å². The van der Waals surface area contributed by atoms with Crippen LogP contribution in [0, 0.1) is 0 Å². The molecule has 1 fully saturated rings. The summed E-state index contributed by atoms with van der Waals surface area (Å²) < 4.78 is 0. The maximum absolute atomic E-state index is 3.90. The molecule has 0 radical (unpaired) electrons. The van der Waals surface area contributed by atoms with Gasteiger partial charge in [-0.3, -0.25) is 0 Å². The van der Waals surface area contributed by atoms with Crippen LogP contribution in [0.4, 0.5) is 0 Å². The molecule has 0 aromatic heterocycles. The lowest BCUT2D eigenvalue weighted by atomic mass is 9.97. The highest BCUT2D eigenvalue weighted by molar-refractivity contribution is 5.35. The second-order valence-corrected chi connectivity index (χ2v) is 5.81. The predicted octanol–water partition coefficient (Wildman–Crippen LogP) is 3.08. The van der Waals surface area contributed by atoms with Crippen molar-refractivity contribution in [3.63, 3.8) is 0 Å². The van der Waals surface area contributed by atoms with Gasteiger partial charge in [0.1, 0.15) is 0 Å². The molecule has 0 saturated heterocycles. The summed E-state index contributed by atoms with van der Waals surface area (Å²) in [6.07, 6.45) is 8.01. The van der Waals surface area contributed by atoms with Crippen molar-refractivity contribution in [2.24, 2.45) is 0 Å². The highest BCUT2D eigenvalue weighted by Gasteiger charge is 2.34.